The lowest BCUT2D eigenvalue weighted by atomic mass is 10.0. The molecule has 3 aromatic rings. The normalized spacial score (nSPS) is 15.9. The maximum Gasteiger partial charge on any atom is 0.274 e. The van der Waals surface area contributed by atoms with Gasteiger partial charge in [-0.1, -0.05) is 53.2 Å². The van der Waals surface area contributed by atoms with Crippen molar-refractivity contribution in [2.45, 2.75) is 19.4 Å². The molecule has 1 unspecified atom stereocenters. The number of carbonyl (C=O) groups is 1. The molecule has 0 saturated heterocycles. The summed E-state index contributed by atoms with van der Waals surface area (Å²) in [5, 5.41) is 11.9. The van der Waals surface area contributed by atoms with E-state index in [0.717, 1.165) is 16.9 Å². The zero-order valence-corrected chi connectivity index (χ0v) is 15.3. The minimum Gasteiger partial charge on any atom is -0.387 e. The number of rotatable bonds is 4. The third kappa shape index (κ3) is 3.71. The van der Waals surface area contributed by atoms with E-state index in [2.05, 4.69) is 15.6 Å². The van der Waals surface area contributed by atoms with Gasteiger partial charge in [0.2, 0.25) is 0 Å². The van der Waals surface area contributed by atoms with Gasteiger partial charge in [-0.3, -0.25) is 4.79 Å². The molecule has 4 rings (SSSR count). The number of benzene rings is 2. The molecule has 27 heavy (non-hydrogen) atoms. The average molecular weight is 381 g/mol. The van der Waals surface area contributed by atoms with Crippen molar-refractivity contribution >= 4 is 29.0 Å². The molecule has 1 aliphatic rings. The van der Waals surface area contributed by atoms with E-state index in [1.54, 1.807) is 22.9 Å². The summed E-state index contributed by atoms with van der Waals surface area (Å²) in [5.41, 5.74) is 2.87. The molecular formula is C20H17ClN4O2. The van der Waals surface area contributed by atoms with E-state index in [9.17, 15) is 4.79 Å². The summed E-state index contributed by atoms with van der Waals surface area (Å²) in [6.45, 7) is 1.86. The first-order chi connectivity index (χ1) is 13.1. The van der Waals surface area contributed by atoms with Gasteiger partial charge in [-0.15, -0.1) is 0 Å². The van der Waals surface area contributed by atoms with Crippen LogP contribution in [0.4, 0.5) is 5.82 Å². The van der Waals surface area contributed by atoms with Gasteiger partial charge in [-0.2, -0.15) is 5.10 Å². The maximum absolute atomic E-state index is 12.7. The molecule has 1 N–H and O–H groups in total. The fourth-order valence-electron chi connectivity index (χ4n) is 2.94. The Morgan fingerprint density at radius 3 is 2.78 bits per heavy atom. The monoisotopic (exact) mass is 380 g/mol. The van der Waals surface area contributed by atoms with Crippen LogP contribution in [0, 0.1) is 6.92 Å². The lowest BCUT2D eigenvalue weighted by Gasteiger charge is -2.09. The van der Waals surface area contributed by atoms with Crippen molar-refractivity contribution < 1.29 is 9.63 Å². The van der Waals surface area contributed by atoms with Crippen LogP contribution in [0.25, 0.3) is 5.69 Å². The second-order valence-corrected chi connectivity index (χ2v) is 6.70. The summed E-state index contributed by atoms with van der Waals surface area (Å²) in [7, 11) is 0. The van der Waals surface area contributed by atoms with Gasteiger partial charge >= 0.3 is 0 Å². The molecule has 136 valence electrons. The van der Waals surface area contributed by atoms with Gasteiger partial charge in [-0.05, 0) is 30.7 Å². The molecule has 1 atom stereocenters. The van der Waals surface area contributed by atoms with Gasteiger partial charge in [0.15, 0.2) is 6.10 Å². The summed E-state index contributed by atoms with van der Waals surface area (Å²) in [4.78, 5) is 18.1. The van der Waals surface area contributed by atoms with Gasteiger partial charge < -0.3 is 10.2 Å². The lowest BCUT2D eigenvalue weighted by Crippen LogP contribution is -2.23. The van der Waals surface area contributed by atoms with E-state index < -0.39 is 0 Å². The standard InChI is InChI=1S/C20H17ClN4O2/c1-13-10-19(25(23-13)16-9-5-8-15(21)11-16)22-20(26)17-12-18(27-24-17)14-6-3-2-4-7-14/h2-11,18H,12H2,1H3,(H,22,26). The number of hydrogen-bond acceptors (Lipinski definition) is 4. The SMILES string of the molecule is Cc1cc(NC(=O)C2=NOC(c3ccccc3)C2)n(-c2cccc(Cl)c2)n1. The van der Waals surface area contributed by atoms with Crippen molar-refractivity contribution in [3.63, 3.8) is 0 Å². The number of hydrogen-bond donors (Lipinski definition) is 1. The molecular weight excluding hydrogens is 364 g/mol. The molecule has 0 aliphatic carbocycles. The molecule has 1 amide bonds. The van der Waals surface area contributed by atoms with Crippen LogP contribution in [-0.4, -0.2) is 21.4 Å². The largest absolute Gasteiger partial charge is 0.387 e. The summed E-state index contributed by atoms with van der Waals surface area (Å²) in [5.74, 6) is 0.238. The molecule has 0 radical (unpaired) electrons. The van der Waals surface area contributed by atoms with E-state index in [1.165, 1.54) is 0 Å². The second-order valence-electron chi connectivity index (χ2n) is 6.26. The number of amides is 1. The summed E-state index contributed by atoms with van der Waals surface area (Å²) in [6, 6.07) is 18.8. The van der Waals surface area contributed by atoms with Gasteiger partial charge in [0.25, 0.3) is 5.91 Å². The van der Waals surface area contributed by atoms with Crippen molar-refractivity contribution in [2.75, 3.05) is 5.32 Å². The molecule has 2 heterocycles. The number of nitrogens with zero attached hydrogens (tertiary/aromatic N) is 3. The highest BCUT2D eigenvalue weighted by atomic mass is 35.5. The van der Waals surface area contributed by atoms with Crippen molar-refractivity contribution in [1.29, 1.82) is 0 Å². The fraction of sp³-hybridized carbons (Fsp3) is 0.150. The van der Waals surface area contributed by atoms with Crippen LogP contribution >= 0.6 is 11.6 Å². The molecule has 7 heteroatoms. The summed E-state index contributed by atoms with van der Waals surface area (Å²) >= 11 is 6.07. The Bertz CT molecular complexity index is 1010. The zero-order valence-electron chi connectivity index (χ0n) is 14.6. The Morgan fingerprint density at radius 1 is 1.19 bits per heavy atom. The van der Waals surface area contributed by atoms with Gasteiger partial charge in [-0.25, -0.2) is 4.68 Å². The second kappa shape index (κ2) is 7.25. The first-order valence-corrected chi connectivity index (χ1v) is 8.89. The van der Waals surface area contributed by atoms with E-state index in [4.69, 9.17) is 16.4 Å². The number of aryl methyl sites for hydroxylation is 1. The van der Waals surface area contributed by atoms with E-state index >= 15 is 0 Å². The molecule has 6 nitrogen and oxygen atoms in total. The third-order valence-corrected chi connectivity index (χ3v) is 4.46. The average Bonchev–Trinajstić information content (AvgIpc) is 3.29. The van der Waals surface area contributed by atoms with Crippen molar-refractivity contribution in [1.82, 2.24) is 9.78 Å². The highest BCUT2D eigenvalue weighted by Crippen LogP contribution is 2.27. The van der Waals surface area contributed by atoms with Gasteiger partial charge in [0.1, 0.15) is 11.5 Å². The number of aromatic nitrogens is 2. The van der Waals surface area contributed by atoms with Crippen LogP contribution in [-0.2, 0) is 9.63 Å². The molecule has 0 spiro atoms. The number of halogens is 1. The Hall–Kier alpha value is -3.12. The van der Waals surface area contributed by atoms with Crippen LogP contribution < -0.4 is 5.32 Å². The van der Waals surface area contributed by atoms with Crippen LogP contribution in [0.3, 0.4) is 0 Å². The fourth-order valence-corrected chi connectivity index (χ4v) is 3.12. The Balaban J connectivity index is 1.51. The smallest absolute Gasteiger partial charge is 0.274 e. The number of carbonyl (C=O) groups excluding carboxylic acids is 1. The van der Waals surface area contributed by atoms with E-state index in [0.29, 0.717) is 23.0 Å². The van der Waals surface area contributed by atoms with E-state index in [-0.39, 0.29) is 12.0 Å². The number of oxime groups is 1. The first kappa shape index (κ1) is 17.3. The summed E-state index contributed by atoms with van der Waals surface area (Å²) < 4.78 is 1.64. The van der Waals surface area contributed by atoms with Gasteiger partial charge in [0.05, 0.1) is 11.4 Å². The lowest BCUT2D eigenvalue weighted by molar-refractivity contribution is -0.110. The van der Waals surface area contributed by atoms with Crippen LogP contribution in [0.1, 0.15) is 23.8 Å². The summed E-state index contributed by atoms with van der Waals surface area (Å²) in [6.07, 6.45) is 0.173. The van der Waals surface area contributed by atoms with Crippen molar-refractivity contribution in [2.24, 2.45) is 5.16 Å². The maximum atomic E-state index is 12.7. The third-order valence-electron chi connectivity index (χ3n) is 4.23. The molecule has 0 bridgehead atoms. The Kier molecular flexibility index (Phi) is 4.64. The Morgan fingerprint density at radius 2 is 2.00 bits per heavy atom. The minimum atomic E-state index is -0.309. The molecule has 1 aromatic heterocycles. The highest BCUT2D eigenvalue weighted by Gasteiger charge is 2.28. The molecule has 2 aromatic carbocycles. The first-order valence-electron chi connectivity index (χ1n) is 8.52. The molecule has 0 saturated carbocycles. The highest BCUT2D eigenvalue weighted by molar-refractivity contribution is 6.43. The van der Waals surface area contributed by atoms with Crippen LogP contribution in [0.15, 0.2) is 65.8 Å². The number of anilines is 1. The topological polar surface area (TPSA) is 68.5 Å². The van der Waals surface area contributed by atoms with Crippen molar-refractivity contribution in [3.05, 3.63) is 76.9 Å². The molecule has 1 aliphatic heterocycles. The zero-order chi connectivity index (χ0) is 18.8. The van der Waals surface area contributed by atoms with Crippen LogP contribution in [0.2, 0.25) is 5.02 Å². The predicted molar refractivity (Wildman–Crippen MR) is 104 cm³/mol. The Labute approximate surface area is 161 Å². The van der Waals surface area contributed by atoms with E-state index in [1.807, 2.05) is 49.4 Å². The number of nitrogens with one attached hydrogen (secondary N) is 1. The van der Waals surface area contributed by atoms with Crippen LogP contribution in [0.5, 0.6) is 0 Å². The minimum absolute atomic E-state index is 0.244. The van der Waals surface area contributed by atoms with Gasteiger partial charge in [0, 0.05) is 17.5 Å². The van der Waals surface area contributed by atoms with Crippen molar-refractivity contribution in [3.8, 4) is 5.69 Å². The molecule has 0 fully saturated rings. The quantitative estimate of drug-likeness (QED) is 0.734. The predicted octanol–water partition coefficient (Wildman–Crippen LogP) is 4.29.